The van der Waals surface area contributed by atoms with Crippen molar-refractivity contribution in [3.8, 4) is 0 Å². The van der Waals surface area contributed by atoms with Crippen molar-refractivity contribution in [1.82, 2.24) is 50.2 Å². The topological polar surface area (TPSA) is 164 Å². The lowest BCUT2D eigenvalue weighted by Crippen LogP contribution is -2.65. The summed E-state index contributed by atoms with van der Waals surface area (Å²) in [7, 11) is 0. The number of aromatic nitrogens is 6. The molecule has 2 aromatic heterocycles. The Morgan fingerprint density at radius 1 is 0.311 bits per heavy atom. The standard InChI is InChI=1S/C86H164N16O4/c1-35-61(5)103-99-79(19,20)51-65(52-80(99,21)22)95-47-43-39-40-44-49-97(67-55-83(27,28)101(84(29,30)56-67)105-63(7)37-3)73-89-70(94-78(17,18)60-76(12,13)14)90-74(92-73)98(68-57-85(31,32)102(86(33,34)58-68)106-64(8)38-4)50-46-42-41-45-48-96(66-53-81(23,24)100(82(25,26)54-66)104-62(6)36-2)72-88-69(87-71(95)91-72)93-77(15,16)59-75(9,10)11/h61-68H,35-60H2,1-34H3,(H,87,88,91,93)(H,89,90,92,94). The monoisotopic (exact) mass is 1490 g/mol. The van der Waals surface area contributed by atoms with Crippen LogP contribution in [0.4, 0.5) is 35.7 Å². The van der Waals surface area contributed by atoms with E-state index in [1.54, 1.807) is 0 Å². The minimum atomic E-state index is -0.324. The Labute approximate surface area is 649 Å². The van der Waals surface area contributed by atoms with E-state index in [4.69, 9.17) is 49.3 Å². The van der Waals surface area contributed by atoms with Gasteiger partial charge in [-0.2, -0.15) is 50.2 Å². The molecule has 0 saturated carbocycles. The summed E-state index contributed by atoms with van der Waals surface area (Å²) in [6.07, 6.45) is 21.0. The zero-order valence-corrected chi connectivity index (χ0v) is 74.9. The maximum Gasteiger partial charge on any atom is 0.232 e. The Hall–Kier alpha value is -3.50. The lowest BCUT2D eigenvalue weighted by molar-refractivity contribution is -0.303. The highest BCUT2D eigenvalue weighted by atomic mass is 16.7. The van der Waals surface area contributed by atoms with Crippen LogP contribution >= 0.6 is 0 Å². The Bertz CT molecular complexity index is 2640. The van der Waals surface area contributed by atoms with E-state index in [9.17, 15) is 0 Å². The van der Waals surface area contributed by atoms with Gasteiger partial charge in [0.05, 0.1) is 24.4 Å². The maximum atomic E-state index is 6.96. The normalized spacial score (nSPS) is 24.8. The molecule has 5 aliphatic rings. The predicted molar refractivity (Wildman–Crippen MR) is 445 cm³/mol. The second-order valence-corrected chi connectivity index (χ2v) is 42.8. The summed E-state index contributed by atoms with van der Waals surface area (Å²) in [6.45, 7) is 82.3. The third kappa shape index (κ3) is 23.8. The number of hydroxylamine groups is 8. The summed E-state index contributed by atoms with van der Waals surface area (Å²) in [4.78, 5) is 73.0. The zero-order chi connectivity index (χ0) is 79.6. The van der Waals surface area contributed by atoms with Crippen LogP contribution < -0.4 is 30.2 Å². The first kappa shape index (κ1) is 89.7. The van der Waals surface area contributed by atoms with Crippen molar-refractivity contribution < 1.29 is 19.4 Å². The van der Waals surface area contributed by atoms with Crippen molar-refractivity contribution in [1.29, 1.82) is 0 Å². The van der Waals surface area contributed by atoms with Gasteiger partial charge in [0, 0.05) is 106 Å². The largest absolute Gasteiger partial charge is 0.349 e. The zero-order valence-electron chi connectivity index (χ0n) is 74.9. The number of rotatable bonds is 22. The van der Waals surface area contributed by atoms with Crippen molar-refractivity contribution in [3.05, 3.63) is 0 Å². The molecule has 4 unspecified atom stereocenters. The van der Waals surface area contributed by atoms with E-state index in [1.807, 2.05) is 0 Å². The smallest absolute Gasteiger partial charge is 0.232 e. The lowest BCUT2D eigenvalue weighted by Gasteiger charge is -2.56. The highest BCUT2D eigenvalue weighted by Gasteiger charge is 2.54. The summed E-state index contributed by atoms with van der Waals surface area (Å²) in [5.74, 6) is 4.35. The van der Waals surface area contributed by atoms with Crippen LogP contribution in [0.25, 0.3) is 0 Å². The van der Waals surface area contributed by atoms with E-state index in [-0.39, 0.29) is 115 Å². The van der Waals surface area contributed by atoms with E-state index in [0.717, 1.165) is 191 Å². The second kappa shape index (κ2) is 34.5. The first-order valence-electron chi connectivity index (χ1n) is 42.6. The van der Waals surface area contributed by atoms with Crippen molar-refractivity contribution >= 4 is 35.7 Å². The molecule has 2 aromatic rings. The third-order valence-electron chi connectivity index (χ3n) is 23.7. The molecule has 4 saturated heterocycles. The van der Waals surface area contributed by atoms with Crippen LogP contribution in [0, 0.1) is 10.8 Å². The van der Waals surface area contributed by atoms with E-state index >= 15 is 0 Å². The third-order valence-corrected chi connectivity index (χ3v) is 23.7. The number of nitrogens with zero attached hydrogens (tertiary/aromatic N) is 14. The Kier molecular flexibility index (Phi) is 29.2. The van der Waals surface area contributed by atoms with Crippen LogP contribution in [0.5, 0.6) is 0 Å². The number of anilines is 6. The van der Waals surface area contributed by atoms with Gasteiger partial charge in [0.1, 0.15) is 0 Å². The average molecular weight is 1490 g/mol. The number of fused-ring (bicyclic) bond motifs is 4. The molecule has 7 rings (SSSR count). The maximum absolute atomic E-state index is 6.96. The second-order valence-electron chi connectivity index (χ2n) is 42.8. The highest BCUT2D eigenvalue weighted by molar-refractivity contribution is 5.50. The van der Waals surface area contributed by atoms with E-state index in [2.05, 4.69) is 286 Å². The molecular weight excluding hydrogens is 1320 g/mol. The van der Waals surface area contributed by atoms with Gasteiger partial charge in [0.25, 0.3) is 0 Å². The van der Waals surface area contributed by atoms with Crippen LogP contribution in [-0.2, 0) is 19.4 Å². The Balaban J connectivity index is 1.44. The molecule has 7 heterocycles. The van der Waals surface area contributed by atoms with Crippen LogP contribution in [0.3, 0.4) is 0 Å². The minimum absolute atomic E-state index is 0.0563. The van der Waals surface area contributed by atoms with E-state index < -0.39 is 0 Å². The van der Waals surface area contributed by atoms with Crippen molar-refractivity contribution in [3.63, 3.8) is 0 Å². The molecular formula is C86H164N16O4. The fourth-order valence-corrected chi connectivity index (χ4v) is 20.2. The molecule has 4 atom stereocenters. The first-order valence-corrected chi connectivity index (χ1v) is 42.6. The van der Waals surface area contributed by atoms with Gasteiger partial charge in [-0.25, -0.2) is 0 Å². The van der Waals surface area contributed by atoms with E-state index in [0.29, 0.717) is 11.9 Å². The quantitative estimate of drug-likeness (QED) is 0.114. The summed E-state index contributed by atoms with van der Waals surface area (Å²) in [6, 6.07) is 0.441. The molecule has 106 heavy (non-hydrogen) atoms. The summed E-state index contributed by atoms with van der Waals surface area (Å²) in [5.41, 5.74) is -2.90. The molecule has 0 spiro atoms. The van der Waals surface area contributed by atoms with Gasteiger partial charge in [-0.05, 0) is 293 Å². The van der Waals surface area contributed by atoms with Gasteiger partial charge in [0.2, 0.25) is 35.7 Å². The van der Waals surface area contributed by atoms with Crippen LogP contribution in [0.1, 0.15) is 377 Å². The molecule has 0 amide bonds. The summed E-state index contributed by atoms with van der Waals surface area (Å²) in [5, 5.41) is 17.4. The fraction of sp³-hybridized carbons (Fsp3) is 0.930. The first-order chi connectivity index (χ1) is 48.6. The SMILES string of the molecule is CCC(C)ON1C(C)(C)CC(N2CCCCCCN(C3CC(C)(C)N(OC(C)CC)C(C)(C)C3)c3nc(NC(C)(C)CC(C)(C)C)nc(n3)N(C3CC(C)(C)N(OC(C)CC)C(C)(C)C3)CCCCCCN(C3CC(C)(C)N(OC(C)CC)C(C)(C)C3)c3nc(NC(C)(C)CC(C)(C)C)nc2n3)CC1(C)C. The number of nitrogens with one attached hydrogen (secondary N) is 2. The predicted octanol–water partition coefficient (Wildman–Crippen LogP) is 20.4. The fourth-order valence-electron chi connectivity index (χ4n) is 20.2. The van der Waals surface area contributed by atoms with Gasteiger partial charge in [-0.1, -0.05) is 94.9 Å². The Morgan fingerprint density at radius 3 is 0.651 bits per heavy atom. The lowest BCUT2D eigenvalue weighted by atomic mass is 9.78. The van der Waals surface area contributed by atoms with Gasteiger partial charge in [-0.3, -0.25) is 19.4 Å². The van der Waals surface area contributed by atoms with Crippen LogP contribution in [-0.4, -0.2) is 180 Å². The van der Waals surface area contributed by atoms with Crippen LogP contribution in [0.2, 0.25) is 0 Å². The molecule has 612 valence electrons. The minimum Gasteiger partial charge on any atom is -0.349 e. The Morgan fingerprint density at radius 2 is 0.491 bits per heavy atom. The molecule has 0 radical (unpaired) electrons. The highest BCUT2D eigenvalue weighted by Crippen LogP contribution is 2.48. The van der Waals surface area contributed by atoms with Gasteiger partial charge in [0.15, 0.2) is 0 Å². The van der Waals surface area contributed by atoms with Crippen LogP contribution in [0.15, 0.2) is 0 Å². The van der Waals surface area contributed by atoms with Crippen molar-refractivity contribution in [2.45, 2.75) is 481 Å². The van der Waals surface area contributed by atoms with Crippen molar-refractivity contribution in [2.75, 3.05) is 56.4 Å². The van der Waals surface area contributed by atoms with Gasteiger partial charge < -0.3 is 30.2 Å². The molecule has 20 heteroatoms. The summed E-state index contributed by atoms with van der Waals surface area (Å²) >= 11 is 0. The molecule has 20 nitrogen and oxygen atoms in total. The number of piperidine rings is 4. The van der Waals surface area contributed by atoms with E-state index in [1.165, 1.54) is 0 Å². The molecule has 0 aliphatic carbocycles. The molecule has 5 aliphatic heterocycles. The van der Waals surface area contributed by atoms with Gasteiger partial charge >= 0.3 is 0 Å². The van der Waals surface area contributed by atoms with Gasteiger partial charge in [-0.15, -0.1) is 0 Å². The average Bonchev–Trinajstić information content (AvgIpc) is 0.764. The molecule has 4 fully saturated rings. The molecule has 4 bridgehead atoms. The summed E-state index contributed by atoms with van der Waals surface area (Å²) < 4.78 is 0. The number of hydrogen-bond donors (Lipinski definition) is 2. The molecule has 0 aromatic carbocycles. The van der Waals surface area contributed by atoms with Crippen molar-refractivity contribution in [2.24, 2.45) is 10.8 Å². The number of hydrogen-bond acceptors (Lipinski definition) is 20. The molecule has 2 N–H and O–H groups in total.